The largest absolute Gasteiger partial charge is 0.361 e. The van der Waals surface area contributed by atoms with E-state index < -0.39 is 0 Å². The molecule has 3 nitrogen and oxygen atoms in total. The number of likely N-dealkylation sites (tertiary alicyclic amines) is 1. The molecule has 2 atom stereocenters. The number of piperidine rings is 1. The molecule has 2 saturated heterocycles. The normalized spacial score (nSPS) is 23.5. The highest BCUT2D eigenvalue weighted by atomic mass is 19.1. The second-order valence-electron chi connectivity index (χ2n) is 8.71. The highest BCUT2D eigenvalue weighted by Gasteiger charge is 2.50. The van der Waals surface area contributed by atoms with E-state index in [0.29, 0.717) is 12.5 Å². The predicted octanol–water partition coefficient (Wildman–Crippen LogP) is 4.81. The second-order valence-corrected chi connectivity index (χ2v) is 8.71. The fourth-order valence-corrected chi connectivity index (χ4v) is 5.14. The smallest absolute Gasteiger partial charge is 0.223 e. The maximum absolute atomic E-state index is 13.4. The highest BCUT2D eigenvalue weighted by Crippen LogP contribution is 2.43. The molecule has 2 heterocycles. The summed E-state index contributed by atoms with van der Waals surface area (Å²) in [5, 5.41) is 0. The van der Waals surface area contributed by atoms with Gasteiger partial charge in [-0.15, -0.1) is 0 Å². The zero-order chi connectivity index (χ0) is 19.7. The van der Waals surface area contributed by atoms with Gasteiger partial charge in [0.05, 0.1) is 12.1 Å². The quantitative estimate of drug-likeness (QED) is 0.760. The summed E-state index contributed by atoms with van der Waals surface area (Å²) >= 11 is 0. The topological polar surface area (TPSA) is 23.6 Å². The monoisotopic (exact) mass is 380 g/mol. The molecule has 28 heavy (non-hydrogen) atoms. The van der Waals surface area contributed by atoms with Crippen molar-refractivity contribution in [1.82, 2.24) is 4.90 Å². The van der Waals surface area contributed by atoms with Gasteiger partial charge in [-0.1, -0.05) is 30.3 Å². The van der Waals surface area contributed by atoms with Crippen LogP contribution in [-0.4, -0.2) is 35.0 Å². The number of benzene rings is 2. The molecular weight excluding hydrogens is 351 g/mol. The van der Waals surface area contributed by atoms with Crippen LogP contribution in [0.4, 0.5) is 10.1 Å². The van der Waals surface area contributed by atoms with Crippen LogP contribution >= 0.6 is 0 Å². The Hall–Kier alpha value is -2.36. The van der Waals surface area contributed by atoms with E-state index in [-0.39, 0.29) is 23.3 Å². The first kappa shape index (κ1) is 19.0. The summed E-state index contributed by atoms with van der Waals surface area (Å²) in [5.74, 6) is 0.0500. The van der Waals surface area contributed by atoms with E-state index in [1.165, 1.54) is 17.7 Å². The van der Waals surface area contributed by atoms with Crippen LogP contribution in [0.1, 0.15) is 45.1 Å². The Morgan fingerprint density at radius 2 is 1.79 bits per heavy atom. The molecule has 0 radical (unpaired) electrons. The molecule has 0 unspecified atom stereocenters. The Labute approximate surface area is 167 Å². The molecule has 4 rings (SSSR count). The van der Waals surface area contributed by atoms with Gasteiger partial charge >= 0.3 is 0 Å². The van der Waals surface area contributed by atoms with Crippen LogP contribution in [-0.2, 0) is 11.2 Å². The highest BCUT2D eigenvalue weighted by molar-refractivity contribution is 5.77. The van der Waals surface area contributed by atoms with Crippen LogP contribution in [0.3, 0.4) is 0 Å². The molecule has 0 aromatic heterocycles. The number of halogens is 1. The summed E-state index contributed by atoms with van der Waals surface area (Å²) < 4.78 is 13.4. The van der Waals surface area contributed by atoms with Crippen molar-refractivity contribution in [3.63, 3.8) is 0 Å². The Morgan fingerprint density at radius 3 is 2.50 bits per heavy atom. The standard InChI is InChI=1S/C24H29FN2O/c1-24(2)17-22-21(27(24)20-13-11-19(25)12-14-20)9-6-16-26(22)23(28)15-10-18-7-4-3-5-8-18/h3-5,7-8,11-14,21-22H,6,9-10,15-17H2,1-2H3/t21-,22-/m0/s1. The SMILES string of the molecule is CC1(C)C[C@H]2[C@H](CCCN2C(=O)CCc2ccccc2)N1c1ccc(F)cc1. The maximum atomic E-state index is 13.4. The van der Waals surface area contributed by atoms with Gasteiger partial charge < -0.3 is 9.80 Å². The predicted molar refractivity (Wildman–Crippen MR) is 111 cm³/mol. The Kier molecular flexibility index (Phi) is 5.13. The Morgan fingerprint density at radius 1 is 1.07 bits per heavy atom. The van der Waals surface area contributed by atoms with Crippen molar-refractivity contribution in [1.29, 1.82) is 0 Å². The van der Waals surface area contributed by atoms with Crippen molar-refractivity contribution in [3.8, 4) is 0 Å². The van der Waals surface area contributed by atoms with Crippen LogP contribution in [0.25, 0.3) is 0 Å². The zero-order valence-corrected chi connectivity index (χ0v) is 16.8. The molecule has 0 N–H and O–H groups in total. The van der Waals surface area contributed by atoms with Gasteiger partial charge in [0.25, 0.3) is 0 Å². The van der Waals surface area contributed by atoms with Crippen LogP contribution in [0, 0.1) is 5.82 Å². The number of rotatable bonds is 4. The molecule has 2 aromatic rings. The third kappa shape index (κ3) is 3.65. The third-order valence-corrected chi connectivity index (χ3v) is 6.33. The Balaban J connectivity index is 1.51. The lowest BCUT2D eigenvalue weighted by Gasteiger charge is -2.42. The van der Waals surface area contributed by atoms with Crippen molar-refractivity contribution in [2.75, 3.05) is 11.4 Å². The molecule has 0 saturated carbocycles. The van der Waals surface area contributed by atoms with E-state index in [1.54, 1.807) is 0 Å². The van der Waals surface area contributed by atoms with E-state index in [4.69, 9.17) is 0 Å². The molecule has 0 bridgehead atoms. The number of carbonyl (C=O) groups excluding carboxylic acids is 1. The van der Waals surface area contributed by atoms with Gasteiger partial charge in [0.1, 0.15) is 5.82 Å². The number of hydrogen-bond donors (Lipinski definition) is 0. The van der Waals surface area contributed by atoms with Gasteiger partial charge in [0.15, 0.2) is 0 Å². The molecule has 2 aliphatic rings. The second kappa shape index (κ2) is 7.57. The number of hydrogen-bond acceptors (Lipinski definition) is 2. The van der Waals surface area contributed by atoms with Crippen LogP contribution in [0.2, 0.25) is 0 Å². The first-order valence-corrected chi connectivity index (χ1v) is 10.3. The fraction of sp³-hybridized carbons (Fsp3) is 0.458. The number of fused-ring (bicyclic) bond motifs is 1. The first-order valence-electron chi connectivity index (χ1n) is 10.3. The van der Waals surface area contributed by atoms with E-state index >= 15 is 0 Å². The summed E-state index contributed by atoms with van der Waals surface area (Å²) in [6, 6.07) is 17.6. The summed E-state index contributed by atoms with van der Waals surface area (Å²) in [4.78, 5) is 17.6. The van der Waals surface area contributed by atoms with Crippen LogP contribution in [0.15, 0.2) is 54.6 Å². The van der Waals surface area contributed by atoms with E-state index in [0.717, 1.165) is 37.9 Å². The summed E-state index contributed by atoms with van der Waals surface area (Å²) in [7, 11) is 0. The lowest BCUT2D eigenvalue weighted by Crippen LogP contribution is -2.52. The lowest BCUT2D eigenvalue weighted by molar-refractivity contribution is -0.134. The lowest BCUT2D eigenvalue weighted by atomic mass is 9.93. The molecule has 4 heteroatoms. The van der Waals surface area contributed by atoms with Crippen molar-refractivity contribution < 1.29 is 9.18 Å². The van der Waals surface area contributed by atoms with Crippen molar-refractivity contribution in [2.24, 2.45) is 0 Å². The van der Waals surface area contributed by atoms with Crippen molar-refractivity contribution in [2.45, 2.75) is 63.6 Å². The molecule has 0 spiro atoms. The fourth-order valence-electron chi connectivity index (χ4n) is 5.14. The number of anilines is 1. The minimum Gasteiger partial charge on any atom is -0.361 e. The molecule has 2 fully saturated rings. The van der Waals surface area contributed by atoms with Crippen LogP contribution < -0.4 is 4.90 Å². The summed E-state index contributed by atoms with van der Waals surface area (Å²) in [5.41, 5.74) is 2.21. The van der Waals surface area contributed by atoms with Gasteiger partial charge in [-0.25, -0.2) is 4.39 Å². The third-order valence-electron chi connectivity index (χ3n) is 6.33. The van der Waals surface area contributed by atoms with E-state index in [1.807, 2.05) is 30.3 Å². The summed E-state index contributed by atoms with van der Waals surface area (Å²) in [6.07, 6.45) is 4.40. The minimum atomic E-state index is -0.210. The van der Waals surface area contributed by atoms with Crippen molar-refractivity contribution in [3.05, 3.63) is 66.0 Å². The average Bonchev–Trinajstić information content (AvgIpc) is 2.97. The van der Waals surface area contributed by atoms with Gasteiger partial charge in [-0.3, -0.25) is 4.79 Å². The Bertz CT molecular complexity index is 818. The number of carbonyl (C=O) groups is 1. The molecule has 0 aliphatic carbocycles. The van der Waals surface area contributed by atoms with Crippen LogP contribution in [0.5, 0.6) is 0 Å². The molecule has 1 amide bonds. The number of aryl methyl sites for hydroxylation is 1. The molecule has 148 valence electrons. The van der Waals surface area contributed by atoms with E-state index in [2.05, 4.69) is 35.8 Å². The van der Waals surface area contributed by atoms with E-state index in [9.17, 15) is 9.18 Å². The number of nitrogens with zero attached hydrogens (tertiary/aromatic N) is 2. The summed E-state index contributed by atoms with van der Waals surface area (Å²) in [6.45, 7) is 5.32. The molecule has 2 aromatic carbocycles. The zero-order valence-electron chi connectivity index (χ0n) is 16.8. The molecular formula is C24H29FN2O. The van der Waals surface area contributed by atoms with Gasteiger partial charge in [0.2, 0.25) is 5.91 Å². The van der Waals surface area contributed by atoms with Crippen molar-refractivity contribution >= 4 is 11.6 Å². The van der Waals surface area contributed by atoms with Gasteiger partial charge in [-0.05, 0) is 69.4 Å². The van der Waals surface area contributed by atoms with Gasteiger partial charge in [-0.2, -0.15) is 0 Å². The minimum absolute atomic E-state index is 0.0601. The average molecular weight is 381 g/mol. The first-order chi connectivity index (χ1) is 13.5. The molecule has 2 aliphatic heterocycles. The number of amides is 1. The van der Waals surface area contributed by atoms with Gasteiger partial charge in [0, 0.05) is 24.2 Å². The maximum Gasteiger partial charge on any atom is 0.223 e.